The van der Waals surface area contributed by atoms with E-state index in [1.54, 1.807) is 48.3 Å². The number of likely N-dealkylation sites (N-methyl/N-ethyl adjacent to an activating group) is 1. The van der Waals surface area contributed by atoms with Crippen molar-refractivity contribution < 1.29 is 22.7 Å². The zero-order valence-electron chi connectivity index (χ0n) is 25.0. The van der Waals surface area contributed by atoms with Gasteiger partial charge >= 0.3 is 6.18 Å². The number of carbonyl (C=O) groups excluding carboxylic acids is 1. The SMILES string of the molecule is CN1CCN(Cc2ccc(NC(=O)c3cc(Oc4nc(-c5cccc(N)c5)nc5nn(C)cc45)ccc3Cl)cc2C(F)(F)F)CC1. The number of carbonyl (C=O) groups is 1. The zero-order chi connectivity index (χ0) is 32.6. The summed E-state index contributed by atoms with van der Waals surface area (Å²) >= 11 is 6.37. The number of nitrogens with two attached hydrogens (primary N) is 1. The first-order valence-corrected chi connectivity index (χ1v) is 14.8. The first-order chi connectivity index (χ1) is 21.9. The molecule has 2 aromatic heterocycles. The Labute approximate surface area is 267 Å². The van der Waals surface area contributed by atoms with E-state index in [-0.39, 0.29) is 40.0 Å². The largest absolute Gasteiger partial charge is 0.438 e. The quantitative estimate of drug-likeness (QED) is 0.204. The molecule has 3 aromatic carbocycles. The van der Waals surface area contributed by atoms with Gasteiger partial charge in [0.15, 0.2) is 11.5 Å². The second kappa shape index (κ2) is 12.6. The fourth-order valence-corrected chi connectivity index (χ4v) is 5.43. The van der Waals surface area contributed by atoms with Crippen LogP contribution in [-0.4, -0.2) is 68.7 Å². The number of anilines is 2. The molecule has 1 saturated heterocycles. The number of nitrogens with one attached hydrogen (secondary N) is 1. The van der Waals surface area contributed by atoms with Crippen LogP contribution in [0.3, 0.4) is 0 Å². The fourth-order valence-electron chi connectivity index (χ4n) is 5.23. The number of piperazine rings is 1. The van der Waals surface area contributed by atoms with Crippen molar-refractivity contribution in [1.29, 1.82) is 0 Å². The molecule has 3 heterocycles. The third-order valence-corrected chi connectivity index (χ3v) is 7.99. The Morgan fingerprint density at radius 1 is 1.02 bits per heavy atom. The average Bonchev–Trinajstić information content (AvgIpc) is 3.40. The van der Waals surface area contributed by atoms with Crippen molar-refractivity contribution in [1.82, 2.24) is 29.5 Å². The summed E-state index contributed by atoms with van der Waals surface area (Å²) < 4.78 is 50.0. The molecule has 0 atom stereocenters. The van der Waals surface area contributed by atoms with Crippen LogP contribution in [0.25, 0.3) is 22.4 Å². The molecular formula is C32H30ClF3N8O2. The summed E-state index contributed by atoms with van der Waals surface area (Å²) in [6.45, 7) is 3.08. The van der Waals surface area contributed by atoms with E-state index in [1.165, 1.54) is 24.3 Å². The minimum atomic E-state index is -4.60. The minimum absolute atomic E-state index is 0.00165. The normalized spacial score (nSPS) is 14.5. The minimum Gasteiger partial charge on any atom is -0.438 e. The number of hydrogen-bond donors (Lipinski definition) is 2. The maximum Gasteiger partial charge on any atom is 0.416 e. The van der Waals surface area contributed by atoms with E-state index in [0.717, 1.165) is 19.2 Å². The molecule has 0 spiro atoms. The average molecular weight is 651 g/mol. The summed E-state index contributed by atoms with van der Waals surface area (Å²) in [6, 6.07) is 15.3. The van der Waals surface area contributed by atoms with Crippen LogP contribution in [0.15, 0.2) is 66.9 Å². The van der Waals surface area contributed by atoms with Gasteiger partial charge in [0.1, 0.15) is 11.1 Å². The van der Waals surface area contributed by atoms with Gasteiger partial charge in [0.05, 0.1) is 16.1 Å². The highest BCUT2D eigenvalue weighted by Crippen LogP contribution is 2.36. The van der Waals surface area contributed by atoms with E-state index >= 15 is 0 Å². The smallest absolute Gasteiger partial charge is 0.416 e. The Balaban J connectivity index is 1.26. The molecule has 3 N–H and O–H groups in total. The van der Waals surface area contributed by atoms with Gasteiger partial charge in [-0.1, -0.05) is 29.8 Å². The van der Waals surface area contributed by atoms with E-state index in [9.17, 15) is 18.0 Å². The van der Waals surface area contributed by atoms with Crippen molar-refractivity contribution >= 4 is 39.9 Å². The first-order valence-electron chi connectivity index (χ1n) is 14.4. The summed E-state index contributed by atoms with van der Waals surface area (Å²) in [5.74, 6) is 0.0208. The molecule has 1 aliphatic heterocycles. The number of halogens is 4. The first kappa shape index (κ1) is 31.3. The van der Waals surface area contributed by atoms with Crippen molar-refractivity contribution in [3.05, 3.63) is 88.6 Å². The standard InChI is InChI=1S/C32H30ClF3N8O2/c1-42-10-12-44(13-11-42)17-20-6-7-22(15-26(20)32(34,35)36)38-30(45)24-16-23(8-9-27(24)33)46-31-25-18-43(2)41-29(25)39-28(40-31)19-4-3-5-21(37)14-19/h3-9,14-16,18H,10-13,17,37H2,1-2H3,(H,38,45). The molecule has 1 aliphatic rings. The maximum atomic E-state index is 14.1. The summed E-state index contributed by atoms with van der Waals surface area (Å²) in [5, 5.41) is 7.55. The monoisotopic (exact) mass is 650 g/mol. The van der Waals surface area contributed by atoms with E-state index in [4.69, 9.17) is 22.1 Å². The zero-order valence-corrected chi connectivity index (χ0v) is 25.7. The van der Waals surface area contributed by atoms with Crippen molar-refractivity contribution in [2.75, 3.05) is 44.3 Å². The number of aromatic nitrogens is 4. The Kier molecular flexibility index (Phi) is 8.55. The number of benzene rings is 3. The van der Waals surface area contributed by atoms with Gasteiger partial charge in [-0.3, -0.25) is 14.4 Å². The fraction of sp³-hybridized carbons (Fsp3) is 0.250. The second-order valence-electron chi connectivity index (χ2n) is 11.2. The summed E-state index contributed by atoms with van der Waals surface area (Å²) in [6.07, 6.45) is -2.91. The summed E-state index contributed by atoms with van der Waals surface area (Å²) in [7, 11) is 3.72. The summed E-state index contributed by atoms with van der Waals surface area (Å²) in [5.41, 5.74) is 6.86. The molecule has 0 radical (unpaired) electrons. The molecule has 0 unspecified atom stereocenters. The predicted molar refractivity (Wildman–Crippen MR) is 170 cm³/mol. The van der Waals surface area contributed by atoms with Gasteiger partial charge in [-0.05, 0) is 55.1 Å². The lowest BCUT2D eigenvalue weighted by Crippen LogP contribution is -2.44. The van der Waals surface area contributed by atoms with E-state index < -0.39 is 17.6 Å². The van der Waals surface area contributed by atoms with Crippen LogP contribution in [-0.2, 0) is 19.8 Å². The van der Waals surface area contributed by atoms with Gasteiger partial charge in [0, 0.05) is 62.9 Å². The lowest BCUT2D eigenvalue weighted by Gasteiger charge is -2.33. The Morgan fingerprint density at radius 3 is 2.54 bits per heavy atom. The number of ether oxygens (including phenoxy) is 1. The number of hydrogen-bond acceptors (Lipinski definition) is 8. The lowest BCUT2D eigenvalue weighted by atomic mass is 10.0. The van der Waals surface area contributed by atoms with Gasteiger partial charge < -0.3 is 20.7 Å². The molecule has 1 fully saturated rings. The maximum absolute atomic E-state index is 14.1. The topological polar surface area (TPSA) is 114 Å². The van der Waals surface area contributed by atoms with E-state index in [2.05, 4.69) is 25.3 Å². The highest BCUT2D eigenvalue weighted by Gasteiger charge is 2.34. The van der Waals surface area contributed by atoms with Crippen LogP contribution in [0.2, 0.25) is 5.02 Å². The number of rotatable bonds is 7. The number of amides is 1. The number of alkyl halides is 3. The molecule has 10 nitrogen and oxygen atoms in total. The van der Waals surface area contributed by atoms with Crippen molar-refractivity contribution in [2.45, 2.75) is 12.7 Å². The predicted octanol–water partition coefficient (Wildman–Crippen LogP) is 6.08. The second-order valence-corrected chi connectivity index (χ2v) is 11.6. The number of fused-ring (bicyclic) bond motifs is 1. The van der Waals surface area contributed by atoms with Crippen LogP contribution in [0.5, 0.6) is 11.6 Å². The third kappa shape index (κ3) is 6.91. The van der Waals surface area contributed by atoms with Crippen LogP contribution in [0, 0.1) is 0 Å². The molecule has 46 heavy (non-hydrogen) atoms. The van der Waals surface area contributed by atoms with Crippen LogP contribution < -0.4 is 15.8 Å². The van der Waals surface area contributed by atoms with Gasteiger partial charge in [-0.15, -0.1) is 0 Å². The third-order valence-electron chi connectivity index (χ3n) is 7.66. The highest BCUT2D eigenvalue weighted by atomic mass is 35.5. The van der Waals surface area contributed by atoms with Crippen LogP contribution in [0.4, 0.5) is 24.5 Å². The molecule has 1 amide bonds. The summed E-state index contributed by atoms with van der Waals surface area (Å²) in [4.78, 5) is 26.6. The van der Waals surface area contributed by atoms with Gasteiger partial charge in [-0.2, -0.15) is 23.3 Å². The number of nitrogen functional groups attached to an aromatic ring is 1. The molecule has 14 heteroatoms. The van der Waals surface area contributed by atoms with Gasteiger partial charge in [0.25, 0.3) is 5.91 Å². The number of aryl methyl sites for hydroxylation is 1. The van der Waals surface area contributed by atoms with Crippen molar-refractivity contribution in [2.24, 2.45) is 7.05 Å². The molecule has 5 aromatic rings. The lowest BCUT2D eigenvalue weighted by molar-refractivity contribution is -0.138. The number of nitrogens with zero attached hydrogens (tertiary/aromatic N) is 6. The molecular weight excluding hydrogens is 621 g/mol. The van der Waals surface area contributed by atoms with Gasteiger partial charge in [0.2, 0.25) is 5.88 Å². The molecule has 0 bridgehead atoms. The van der Waals surface area contributed by atoms with E-state index in [1.807, 2.05) is 11.9 Å². The highest BCUT2D eigenvalue weighted by molar-refractivity contribution is 6.34. The van der Waals surface area contributed by atoms with Crippen molar-refractivity contribution in [3.63, 3.8) is 0 Å². The van der Waals surface area contributed by atoms with Gasteiger partial charge in [-0.25, -0.2) is 4.98 Å². The Morgan fingerprint density at radius 2 is 1.80 bits per heavy atom. The van der Waals surface area contributed by atoms with Crippen LogP contribution >= 0.6 is 11.6 Å². The Bertz CT molecular complexity index is 1920. The molecule has 0 saturated carbocycles. The Hall–Kier alpha value is -4.72. The van der Waals surface area contributed by atoms with Crippen LogP contribution in [0.1, 0.15) is 21.5 Å². The van der Waals surface area contributed by atoms with E-state index in [0.29, 0.717) is 41.2 Å². The molecule has 6 rings (SSSR count). The molecule has 238 valence electrons. The van der Waals surface area contributed by atoms with Crippen molar-refractivity contribution in [3.8, 4) is 23.0 Å². The molecule has 0 aliphatic carbocycles.